The average Bonchev–Trinajstić information content (AvgIpc) is 3.08. The number of urea groups is 1. The van der Waals surface area contributed by atoms with Crippen molar-refractivity contribution in [1.29, 1.82) is 0 Å². The summed E-state index contributed by atoms with van der Waals surface area (Å²) in [4.78, 5) is 20.5. The third-order valence-electron chi connectivity index (χ3n) is 3.56. The molecule has 0 saturated carbocycles. The van der Waals surface area contributed by atoms with Crippen LogP contribution in [0, 0.1) is 0 Å². The normalized spacial score (nSPS) is 14.7. The van der Waals surface area contributed by atoms with Gasteiger partial charge in [0.2, 0.25) is 5.88 Å². The number of hydrogen-bond donors (Lipinski definition) is 1. The number of ether oxygens (including phenoxy) is 1. The average molecular weight is 317 g/mol. The Kier molecular flexibility index (Phi) is 4.60. The molecule has 1 aliphatic heterocycles. The molecule has 8 heteroatoms. The Morgan fingerprint density at radius 2 is 2.13 bits per heavy atom. The molecule has 1 N–H and O–H groups in total. The van der Waals surface area contributed by atoms with Crippen LogP contribution in [0.15, 0.2) is 35.1 Å². The minimum absolute atomic E-state index is 0.172. The van der Waals surface area contributed by atoms with E-state index >= 15 is 0 Å². The molecule has 8 nitrogen and oxygen atoms in total. The van der Waals surface area contributed by atoms with Crippen LogP contribution in [-0.4, -0.2) is 53.9 Å². The predicted molar refractivity (Wildman–Crippen MR) is 84.7 cm³/mol. The Morgan fingerprint density at radius 1 is 1.30 bits per heavy atom. The van der Waals surface area contributed by atoms with Crippen LogP contribution in [0.5, 0.6) is 5.88 Å². The van der Waals surface area contributed by atoms with Gasteiger partial charge in [0.15, 0.2) is 5.82 Å². The van der Waals surface area contributed by atoms with Crippen LogP contribution in [0.4, 0.5) is 16.4 Å². The summed E-state index contributed by atoms with van der Waals surface area (Å²) in [5.74, 6) is 1.91. The molecule has 0 spiro atoms. The number of nitrogens with one attached hydrogen (secondary N) is 1. The van der Waals surface area contributed by atoms with Crippen molar-refractivity contribution < 1.29 is 14.1 Å². The minimum atomic E-state index is -0.172. The Labute approximate surface area is 134 Å². The second-order valence-electron chi connectivity index (χ2n) is 5.06. The van der Waals surface area contributed by atoms with E-state index in [1.165, 1.54) is 6.26 Å². The van der Waals surface area contributed by atoms with Crippen LogP contribution in [0.1, 0.15) is 6.92 Å². The summed E-state index contributed by atoms with van der Waals surface area (Å²) in [6.07, 6.45) is 1.42. The van der Waals surface area contributed by atoms with Gasteiger partial charge in [-0.2, -0.15) is 4.98 Å². The molecule has 3 heterocycles. The summed E-state index contributed by atoms with van der Waals surface area (Å²) in [5, 5.41) is 6.37. The lowest BCUT2D eigenvalue weighted by Crippen LogP contribution is -2.50. The monoisotopic (exact) mass is 317 g/mol. The molecule has 0 radical (unpaired) electrons. The van der Waals surface area contributed by atoms with Crippen LogP contribution in [-0.2, 0) is 0 Å². The smallest absolute Gasteiger partial charge is 0.323 e. The zero-order valence-corrected chi connectivity index (χ0v) is 12.9. The van der Waals surface area contributed by atoms with Gasteiger partial charge in [0.05, 0.1) is 6.61 Å². The van der Waals surface area contributed by atoms with Crippen LogP contribution >= 0.6 is 0 Å². The van der Waals surface area contributed by atoms with Gasteiger partial charge in [-0.3, -0.25) is 5.32 Å². The zero-order valence-electron chi connectivity index (χ0n) is 12.9. The maximum atomic E-state index is 12.1. The van der Waals surface area contributed by atoms with Crippen molar-refractivity contribution in [2.75, 3.05) is 43.0 Å². The van der Waals surface area contributed by atoms with Crippen molar-refractivity contribution in [3.8, 4) is 5.88 Å². The molecule has 0 aliphatic carbocycles. The Hall–Kier alpha value is -2.77. The quantitative estimate of drug-likeness (QED) is 0.926. The van der Waals surface area contributed by atoms with Crippen molar-refractivity contribution in [3.63, 3.8) is 0 Å². The number of nitrogens with zero attached hydrogens (tertiary/aromatic N) is 4. The van der Waals surface area contributed by atoms with E-state index in [0.717, 1.165) is 18.9 Å². The number of carbonyl (C=O) groups is 1. The molecular formula is C15H19N5O3. The molecule has 2 aromatic heterocycles. The number of amides is 2. The fraction of sp³-hybridized carbons (Fsp3) is 0.400. The molecule has 0 bridgehead atoms. The van der Waals surface area contributed by atoms with Crippen molar-refractivity contribution in [3.05, 3.63) is 30.5 Å². The van der Waals surface area contributed by atoms with Gasteiger partial charge < -0.3 is 19.1 Å². The summed E-state index contributed by atoms with van der Waals surface area (Å²) >= 11 is 0. The summed E-state index contributed by atoms with van der Waals surface area (Å²) in [7, 11) is 0. The molecule has 1 saturated heterocycles. The van der Waals surface area contributed by atoms with E-state index in [4.69, 9.17) is 9.26 Å². The van der Waals surface area contributed by atoms with E-state index in [1.54, 1.807) is 11.0 Å². The molecule has 0 unspecified atom stereocenters. The van der Waals surface area contributed by atoms with Crippen LogP contribution in [0.25, 0.3) is 0 Å². The van der Waals surface area contributed by atoms with E-state index < -0.39 is 0 Å². The first-order valence-electron chi connectivity index (χ1n) is 7.57. The fourth-order valence-corrected chi connectivity index (χ4v) is 2.41. The first-order valence-corrected chi connectivity index (χ1v) is 7.57. The third kappa shape index (κ3) is 3.71. The highest BCUT2D eigenvalue weighted by atomic mass is 16.5. The summed E-state index contributed by atoms with van der Waals surface area (Å²) < 4.78 is 10.1. The topological polar surface area (TPSA) is 83.7 Å². The largest absolute Gasteiger partial charge is 0.478 e. The maximum Gasteiger partial charge on any atom is 0.323 e. The summed E-state index contributed by atoms with van der Waals surface area (Å²) in [6, 6.07) is 7.16. The number of rotatable bonds is 4. The highest BCUT2D eigenvalue weighted by molar-refractivity contribution is 5.88. The molecule has 0 atom stereocenters. The van der Waals surface area contributed by atoms with E-state index in [2.05, 4.69) is 20.4 Å². The lowest BCUT2D eigenvalue weighted by Gasteiger charge is -2.35. The Bertz CT molecular complexity index is 638. The molecule has 2 amide bonds. The zero-order chi connectivity index (χ0) is 16.1. The molecule has 0 aromatic carbocycles. The number of piperazine rings is 1. The van der Waals surface area contributed by atoms with Crippen LogP contribution in [0.2, 0.25) is 0 Å². The van der Waals surface area contributed by atoms with Gasteiger partial charge in [0.25, 0.3) is 0 Å². The molecule has 122 valence electrons. The van der Waals surface area contributed by atoms with Crippen LogP contribution < -0.4 is 15.0 Å². The lowest BCUT2D eigenvalue weighted by atomic mass is 10.3. The first-order chi connectivity index (χ1) is 11.3. The SMILES string of the molecule is CCOc1cccc(N2CCN(C(=O)Nc3ccon3)CC2)n1. The number of aromatic nitrogens is 2. The summed E-state index contributed by atoms with van der Waals surface area (Å²) in [5.41, 5.74) is 0. The van der Waals surface area contributed by atoms with Crippen molar-refractivity contribution >= 4 is 17.7 Å². The van der Waals surface area contributed by atoms with Gasteiger partial charge in [0, 0.05) is 38.3 Å². The number of pyridine rings is 1. The standard InChI is InChI=1S/C15H19N5O3/c1-2-22-14-5-3-4-13(17-14)19-7-9-20(10-8-19)15(21)16-12-6-11-23-18-12/h3-6,11H,2,7-10H2,1H3,(H,16,18,21). The third-order valence-corrected chi connectivity index (χ3v) is 3.56. The Morgan fingerprint density at radius 3 is 2.83 bits per heavy atom. The van der Waals surface area contributed by atoms with Gasteiger partial charge >= 0.3 is 6.03 Å². The van der Waals surface area contributed by atoms with Gasteiger partial charge in [-0.15, -0.1) is 0 Å². The molecule has 23 heavy (non-hydrogen) atoms. The second-order valence-corrected chi connectivity index (χ2v) is 5.06. The van der Waals surface area contributed by atoms with E-state index in [9.17, 15) is 4.79 Å². The maximum absolute atomic E-state index is 12.1. The Balaban J connectivity index is 1.55. The predicted octanol–water partition coefficient (Wildman–Crippen LogP) is 1.82. The van der Waals surface area contributed by atoms with Gasteiger partial charge in [0.1, 0.15) is 12.1 Å². The van der Waals surface area contributed by atoms with E-state index in [0.29, 0.717) is 31.4 Å². The molecule has 1 aliphatic rings. The summed E-state index contributed by atoms with van der Waals surface area (Å²) in [6.45, 7) is 5.19. The van der Waals surface area contributed by atoms with Crippen molar-refractivity contribution in [2.24, 2.45) is 0 Å². The minimum Gasteiger partial charge on any atom is -0.478 e. The highest BCUT2D eigenvalue weighted by Gasteiger charge is 2.22. The molecule has 2 aromatic rings. The number of hydrogen-bond acceptors (Lipinski definition) is 6. The van der Waals surface area contributed by atoms with Crippen molar-refractivity contribution in [1.82, 2.24) is 15.0 Å². The van der Waals surface area contributed by atoms with Gasteiger partial charge in [-0.1, -0.05) is 11.2 Å². The van der Waals surface area contributed by atoms with Crippen molar-refractivity contribution in [2.45, 2.75) is 6.92 Å². The molecular weight excluding hydrogens is 298 g/mol. The lowest BCUT2D eigenvalue weighted by molar-refractivity contribution is 0.207. The number of anilines is 2. The van der Waals surface area contributed by atoms with E-state index in [-0.39, 0.29) is 6.03 Å². The second kappa shape index (κ2) is 6.99. The number of carbonyl (C=O) groups excluding carboxylic acids is 1. The molecule has 1 fully saturated rings. The van der Waals surface area contributed by atoms with Crippen LogP contribution in [0.3, 0.4) is 0 Å². The molecule has 3 rings (SSSR count). The van der Waals surface area contributed by atoms with Gasteiger partial charge in [-0.25, -0.2) is 4.79 Å². The highest BCUT2D eigenvalue weighted by Crippen LogP contribution is 2.18. The first kappa shape index (κ1) is 15.1. The van der Waals surface area contributed by atoms with Gasteiger partial charge in [-0.05, 0) is 13.0 Å². The van der Waals surface area contributed by atoms with E-state index in [1.807, 2.05) is 25.1 Å². The fourth-order valence-electron chi connectivity index (χ4n) is 2.41.